The largest absolute Gasteiger partial charge is 0.383 e. The molecule has 0 aliphatic rings. The molecule has 2 N–H and O–H groups in total. The van der Waals surface area contributed by atoms with Gasteiger partial charge in [0.2, 0.25) is 4.77 Å². The summed E-state index contributed by atoms with van der Waals surface area (Å²) >= 11 is 5.01. The van der Waals surface area contributed by atoms with E-state index in [2.05, 4.69) is 4.98 Å². The number of nitrogens with two attached hydrogens (primary N) is 1. The number of aryl methyl sites for hydroxylation is 1. The van der Waals surface area contributed by atoms with Crippen molar-refractivity contribution in [1.29, 1.82) is 0 Å². The molecule has 0 fully saturated rings. The lowest BCUT2D eigenvalue weighted by Crippen LogP contribution is -1.97. The highest BCUT2D eigenvalue weighted by molar-refractivity contribution is 7.71. The van der Waals surface area contributed by atoms with E-state index in [0.29, 0.717) is 10.6 Å². The van der Waals surface area contributed by atoms with Gasteiger partial charge in [-0.3, -0.25) is 4.40 Å². The number of nitrogen functional groups attached to an aromatic ring is 1. The number of rotatable bonds is 0. The van der Waals surface area contributed by atoms with Crippen LogP contribution in [0, 0.1) is 4.77 Å². The second-order valence-corrected chi connectivity index (χ2v) is 2.97. The first-order valence-electron chi connectivity index (χ1n) is 3.49. The van der Waals surface area contributed by atoms with Crippen LogP contribution in [0.15, 0.2) is 18.5 Å². The number of anilines is 1. The summed E-state index contributed by atoms with van der Waals surface area (Å²) in [6.45, 7) is 0. The van der Waals surface area contributed by atoms with Gasteiger partial charge in [-0.05, 0) is 12.2 Å². The molecule has 5 heteroatoms. The summed E-state index contributed by atoms with van der Waals surface area (Å²) in [5.41, 5.74) is 6.50. The summed E-state index contributed by atoms with van der Waals surface area (Å²) in [7, 11) is 1.93. The molecule has 0 atom stereocenters. The Bertz CT molecular complexity index is 482. The molecule has 12 heavy (non-hydrogen) atoms. The average Bonchev–Trinajstić information content (AvgIpc) is 2.33. The van der Waals surface area contributed by atoms with Crippen molar-refractivity contribution in [3.05, 3.63) is 23.2 Å². The van der Waals surface area contributed by atoms with Crippen molar-refractivity contribution in [3.8, 4) is 0 Å². The number of nitrogens with zero attached hydrogens (tertiary/aromatic N) is 3. The molecule has 0 radical (unpaired) electrons. The van der Waals surface area contributed by atoms with Crippen LogP contribution in [-0.4, -0.2) is 14.0 Å². The maximum absolute atomic E-state index is 5.55. The Balaban J connectivity index is 3.03. The van der Waals surface area contributed by atoms with Gasteiger partial charge in [-0.1, -0.05) is 0 Å². The quantitative estimate of drug-likeness (QED) is 0.615. The monoisotopic (exact) mass is 180 g/mol. The highest BCUT2D eigenvalue weighted by Crippen LogP contribution is 2.06. The first kappa shape index (κ1) is 7.30. The van der Waals surface area contributed by atoms with E-state index in [1.807, 2.05) is 28.4 Å². The van der Waals surface area contributed by atoms with Crippen LogP contribution in [-0.2, 0) is 7.05 Å². The standard InChI is InChI=1S/C7H8N4S/c1-10-2-3-11-6(10)4-5(8)9-7(11)12/h2-4H,1H3,(H2,8,9,12). The third-order valence-corrected chi connectivity index (χ3v) is 2.04. The van der Waals surface area contributed by atoms with E-state index in [4.69, 9.17) is 18.0 Å². The zero-order chi connectivity index (χ0) is 8.72. The van der Waals surface area contributed by atoms with Gasteiger partial charge in [-0.15, -0.1) is 0 Å². The Morgan fingerprint density at radius 2 is 2.25 bits per heavy atom. The van der Waals surface area contributed by atoms with E-state index in [1.54, 1.807) is 6.07 Å². The minimum Gasteiger partial charge on any atom is -0.383 e. The molecule has 2 rings (SSSR count). The predicted octanol–water partition coefficient (Wildman–Crippen LogP) is 0.984. The molecule has 0 bridgehead atoms. The van der Waals surface area contributed by atoms with Crippen LogP contribution in [0.5, 0.6) is 0 Å². The normalized spacial score (nSPS) is 10.8. The molecule has 0 aliphatic carbocycles. The fourth-order valence-electron chi connectivity index (χ4n) is 1.15. The minimum absolute atomic E-state index is 0.460. The van der Waals surface area contributed by atoms with Gasteiger partial charge in [-0.2, -0.15) is 0 Å². The number of aromatic nitrogens is 3. The fraction of sp³-hybridized carbons (Fsp3) is 0.143. The van der Waals surface area contributed by atoms with Gasteiger partial charge >= 0.3 is 0 Å². The summed E-state index contributed by atoms with van der Waals surface area (Å²) in [5, 5.41) is 0. The maximum Gasteiger partial charge on any atom is 0.207 e. The average molecular weight is 180 g/mol. The first-order valence-corrected chi connectivity index (χ1v) is 3.89. The van der Waals surface area contributed by atoms with Crippen molar-refractivity contribution in [2.75, 3.05) is 5.73 Å². The molecule has 0 aromatic carbocycles. The summed E-state index contributed by atoms with van der Waals surface area (Å²) in [4.78, 5) is 3.96. The smallest absolute Gasteiger partial charge is 0.207 e. The molecular weight excluding hydrogens is 172 g/mol. The molecule has 62 valence electrons. The van der Waals surface area contributed by atoms with Gasteiger partial charge in [-0.25, -0.2) is 4.98 Å². The van der Waals surface area contributed by atoms with Crippen LogP contribution in [0.25, 0.3) is 5.65 Å². The minimum atomic E-state index is 0.460. The van der Waals surface area contributed by atoms with Crippen LogP contribution in [0.4, 0.5) is 5.82 Å². The topological polar surface area (TPSA) is 48.2 Å². The second kappa shape index (κ2) is 2.31. The first-order chi connectivity index (χ1) is 5.68. The fourth-order valence-corrected chi connectivity index (χ4v) is 1.41. The van der Waals surface area contributed by atoms with E-state index in [0.717, 1.165) is 5.65 Å². The highest BCUT2D eigenvalue weighted by atomic mass is 32.1. The van der Waals surface area contributed by atoms with Crippen LogP contribution >= 0.6 is 12.2 Å². The molecule has 0 aliphatic heterocycles. The van der Waals surface area contributed by atoms with Gasteiger partial charge in [0.1, 0.15) is 11.5 Å². The van der Waals surface area contributed by atoms with E-state index >= 15 is 0 Å². The lowest BCUT2D eigenvalue weighted by atomic mass is 10.5. The summed E-state index contributed by atoms with van der Waals surface area (Å²) in [6.07, 6.45) is 3.77. The van der Waals surface area contributed by atoms with Crippen molar-refractivity contribution in [3.63, 3.8) is 0 Å². The molecule has 2 aromatic rings. The van der Waals surface area contributed by atoms with Crippen LogP contribution in [0.1, 0.15) is 0 Å². The molecule has 0 unspecified atom stereocenters. The number of imidazole rings is 1. The maximum atomic E-state index is 5.55. The van der Waals surface area contributed by atoms with E-state index in [-0.39, 0.29) is 0 Å². The third-order valence-electron chi connectivity index (χ3n) is 1.76. The predicted molar refractivity (Wildman–Crippen MR) is 49.4 cm³/mol. The van der Waals surface area contributed by atoms with Gasteiger partial charge in [0.25, 0.3) is 0 Å². The van der Waals surface area contributed by atoms with Gasteiger partial charge in [0.05, 0.1) is 0 Å². The van der Waals surface area contributed by atoms with E-state index in [1.165, 1.54) is 0 Å². The zero-order valence-electron chi connectivity index (χ0n) is 6.56. The van der Waals surface area contributed by atoms with Gasteiger partial charge in [0, 0.05) is 25.5 Å². The molecular formula is C7H8N4S. The Kier molecular flexibility index (Phi) is 1.41. The number of fused-ring (bicyclic) bond motifs is 1. The number of hydrogen-bond donors (Lipinski definition) is 1. The van der Waals surface area contributed by atoms with Crippen LogP contribution < -0.4 is 5.73 Å². The Morgan fingerprint density at radius 3 is 3.00 bits per heavy atom. The van der Waals surface area contributed by atoms with Crippen molar-refractivity contribution < 1.29 is 0 Å². The lowest BCUT2D eigenvalue weighted by Gasteiger charge is -1.97. The molecule has 0 saturated carbocycles. The molecule has 0 saturated heterocycles. The zero-order valence-corrected chi connectivity index (χ0v) is 7.38. The Labute approximate surface area is 74.3 Å². The van der Waals surface area contributed by atoms with Gasteiger partial charge < -0.3 is 10.3 Å². The Morgan fingerprint density at radius 1 is 1.50 bits per heavy atom. The molecule has 0 amide bonds. The lowest BCUT2D eigenvalue weighted by molar-refractivity contribution is 0.941. The SMILES string of the molecule is Cn1ccn2c(=S)nc(N)cc12. The van der Waals surface area contributed by atoms with Crippen molar-refractivity contribution in [2.45, 2.75) is 0 Å². The highest BCUT2D eigenvalue weighted by Gasteiger charge is 1.98. The van der Waals surface area contributed by atoms with Crippen molar-refractivity contribution in [1.82, 2.24) is 14.0 Å². The van der Waals surface area contributed by atoms with Crippen LogP contribution in [0.3, 0.4) is 0 Å². The second-order valence-electron chi connectivity index (χ2n) is 2.60. The molecule has 4 nitrogen and oxygen atoms in total. The van der Waals surface area contributed by atoms with E-state index in [9.17, 15) is 0 Å². The molecule has 2 heterocycles. The van der Waals surface area contributed by atoms with Crippen LogP contribution in [0.2, 0.25) is 0 Å². The third kappa shape index (κ3) is 0.902. The van der Waals surface area contributed by atoms with E-state index < -0.39 is 0 Å². The number of hydrogen-bond acceptors (Lipinski definition) is 3. The van der Waals surface area contributed by atoms with Crippen molar-refractivity contribution >= 4 is 23.7 Å². The van der Waals surface area contributed by atoms with Crippen molar-refractivity contribution in [2.24, 2.45) is 7.05 Å². The summed E-state index contributed by atoms with van der Waals surface area (Å²) in [6, 6.07) is 1.79. The summed E-state index contributed by atoms with van der Waals surface area (Å²) in [5.74, 6) is 0.460. The summed E-state index contributed by atoms with van der Waals surface area (Å²) < 4.78 is 4.24. The molecule has 2 aromatic heterocycles. The molecule has 0 spiro atoms. The van der Waals surface area contributed by atoms with Gasteiger partial charge in [0.15, 0.2) is 0 Å². The Hall–Kier alpha value is -1.36.